The predicted octanol–water partition coefficient (Wildman–Crippen LogP) is 5.08. The Morgan fingerprint density at radius 2 is 1.71 bits per heavy atom. The Bertz CT molecular complexity index is 1510. The van der Waals surface area contributed by atoms with Crippen molar-refractivity contribution >= 4 is 38.5 Å². The largest absolute Gasteiger partial charge is 0.395 e. The first-order valence-electron chi connectivity index (χ1n) is 13.6. The van der Waals surface area contributed by atoms with E-state index in [0.717, 1.165) is 5.69 Å². The molecule has 1 atom stereocenters. The zero-order valence-electron chi connectivity index (χ0n) is 24.7. The normalized spacial score (nSPS) is 12.8. The summed E-state index contributed by atoms with van der Waals surface area (Å²) in [6.45, 7) is 10.1. The van der Waals surface area contributed by atoms with E-state index >= 15 is 0 Å². The van der Waals surface area contributed by atoms with Gasteiger partial charge in [-0.25, -0.2) is 13.4 Å². The number of nitrogens with zero attached hydrogens (tertiary/aromatic N) is 5. The number of hydrogen-bond donors (Lipinski definition) is 4. The zero-order valence-corrected chi connectivity index (χ0v) is 25.5. The summed E-state index contributed by atoms with van der Waals surface area (Å²) in [5.41, 5.74) is 2.05. The maximum Gasteiger partial charge on any atom is 0.179 e. The summed E-state index contributed by atoms with van der Waals surface area (Å²) in [5, 5.41) is 44.0. The SMILES string of the molecule is Cc1c(C#N)c(Nc2ccccc2)nc(NCC(C)O)c1N=Nc1ccc(S(=O)(=O)CCN(CCO)C(C)(C)C)cc1. The number of aliphatic hydroxyl groups excluding tert-OH is 2. The summed E-state index contributed by atoms with van der Waals surface area (Å²) >= 11 is 0. The van der Waals surface area contributed by atoms with Gasteiger partial charge in [-0.1, -0.05) is 18.2 Å². The van der Waals surface area contributed by atoms with Crippen molar-refractivity contribution in [2.75, 3.05) is 42.6 Å². The Balaban J connectivity index is 1.88. The van der Waals surface area contributed by atoms with Crippen LogP contribution in [0.4, 0.5) is 28.7 Å². The van der Waals surface area contributed by atoms with Crippen molar-refractivity contribution in [1.29, 1.82) is 5.26 Å². The third-order valence-electron chi connectivity index (χ3n) is 6.54. The number of hydrogen-bond acceptors (Lipinski definition) is 11. The van der Waals surface area contributed by atoms with Crippen molar-refractivity contribution < 1.29 is 18.6 Å². The second-order valence-electron chi connectivity index (χ2n) is 10.9. The highest BCUT2D eigenvalue weighted by atomic mass is 32.2. The number of aromatic nitrogens is 1. The first kappa shape index (κ1) is 32.6. The summed E-state index contributed by atoms with van der Waals surface area (Å²) in [5.74, 6) is 0.584. The fourth-order valence-corrected chi connectivity index (χ4v) is 5.40. The van der Waals surface area contributed by atoms with Gasteiger partial charge in [-0.05, 0) is 71.0 Å². The van der Waals surface area contributed by atoms with Gasteiger partial charge >= 0.3 is 0 Å². The van der Waals surface area contributed by atoms with Gasteiger partial charge in [-0.15, -0.1) is 5.11 Å². The molecule has 0 aliphatic rings. The third-order valence-corrected chi connectivity index (χ3v) is 8.25. The maximum absolute atomic E-state index is 13.0. The molecule has 0 aliphatic heterocycles. The van der Waals surface area contributed by atoms with Crippen molar-refractivity contribution in [3.63, 3.8) is 0 Å². The molecule has 1 heterocycles. The molecule has 0 saturated heterocycles. The molecule has 2 aromatic carbocycles. The molecule has 4 N–H and O–H groups in total. The molecule has 1 unspecified atom stereocenters. The Morgan fingerprint density at radius 3 is 2.29 bits per heavy atom. The van der Waals surface area contributed by atoms with E-state index in [1.165, 1.54) is 12.1 Å². The van der Waals surface area contributed by atoms with Gasteiger partial charge in [0.05, 0.1) is 34.6 Å². The van der Waals surface area contributed by atoms with Crippen molar-refractivity contribution in [1.82, 2.24) is 9.88 Å². The fourth-order valence-electron chi connectivity index (χ4n) is 4.15. The highest BCUT2D eigenvalue weighted by Gasteiger charge is 2.24. The Morgan fingerprint density at radius 1 is 1.05 bits per heavy atom. The molecule has 1 aromatic heterocycles. The van der Waals surface area contributed by atoms with Crippen LogP contribution in [-0.4, -0.2) is 72.2 Å². The molecular formula is C30H39N7O4S. The number of pyridine rings is 1. The van der Waals surface area contributed by atoms with Crippen LogP contribution in [0.2, 0.25) is 0 Å². The van der Waals surface area contributed by atoms with Gasteiger partial charge in [0.15, 0.2) is 21.5 Å². The number of nitriles is 1. The van der Waals surface area contributed by atoms with Crippen LogP contribution in [-0.2, 0) is 9.84 Å². The third kappa shape index (κ3) is 8.80. The lowest BCUT2D eigenvalue weighted by Gasteiger charge is -2.35. The number of anilines is 3. The van der Waals surface area contributed by atoms with E-state index in [0.29, 0.717) is 47.2 Å². The van der Waals surface area contributed by atoms with E-state index < -0.39 is 15.9 Å². The molecule has 0 radical (unpaired) electrons. The molecule has 42 heavy (non-hydrogen) atoms. The smallest absolute Gasteiger partial charge is 0.179 e. The fraction of sp³-hybridized carbons (Fsp3) is 0.400. The van der Waals surface area contributed by atoms with Crippen molar-refractivity contribution in [2.45, 2.75) is 51.2 Å². The molecule has 0 saturated carbocycles. The van der Waals surface area contributed by atoms with Gasteiger partial charge in [-0.2, -0.15) is 10.4 Å². The molecule has 3 aromatic rings. The monoisotopic (exact) mass is 593 g/mol. The molecule has 12 heteroatoms. The Kier molecular flexibility index (Phi) is 11.1. The molecular weight excluding hydrogens is 554 g/mol. The Labute approximate surface area is 247 Å². The molecule has 0 spiro atoms. The topological polar surface area (TPSA) is 163 Å². The lowest BCUT2D eigenvalue weighted by molar-refractivity contribution is 0.113. The molecule has 0 fully saturated rings. The number of nitrogens with one attached hydrogen (secondary N) is 2. The minimum absolute atomic E-state index is 0.0512. The summed E-state index contributed by atoms with van der Waals surface area (Å²) < 4.78 is 26.0. The highest BCUT2D eigenvalue weighted by molar-refractivity contribution is 7.91. The minimum Gasteiger partial charge on any atom is -0.395 e. The van der Waals surface area contributed by atoms with Crippen LogP contribution < -0.4 is 10.6 Å². The van der Waals surface area contributed by atoms with Crippen LogP contribution in [0.5, 0.6) is 0 Å². The van der Waals surface area contributed by atoms with Gasteiger partial charge in [0.2, 0.25) is 0 Å². The first-order chi connectivity index (χ1) is 19.9. The van der Waals surface area contributed by atoms with Crippen LogP contribution in [0.15, 0.2) is 69.7 Å². The molecule has 224 valence electrons. The first-order valence-corrected chi connectivity index (χ1v) is 15.3. The maximum atomic E-state index is 13.0. The van der Waals surface area contributed by atoms with Gasteiger partial charge in [0.25, 0.3) is 0 Å². The predicted molar refractivity (Wildman–Crippen MR) is 165 cm³/mol. The van der Waals surface area contributed by atoms with E-state index in [1.807, 2.05) is 56.0 Å². The molecule has 0 aliphatic carbocycles. The average Bonchev–Trinajstić information content (AvgIpc) is 2.94. The van der Waals surface area contributed by atoms with Gasteiger partial charge in [0, 0.05) is 36.4 Å². The lowest BCUT2D eigenvalue weighted by atomic mass is 10.1. The number of para-hydroxylation sites is 1. The van der Waals surface area contributed by atoms with Crippen LogP contribution in [0.25, 0.3) is 0 Å². The number of azo groups is 1. The summed E-state index contributed by atoms with van der Waals surface area (Å²) in [4.78, 5) is 6.69. The molecule has 0 amide bonds. The van der Waals surface area contributed by atoms with E-state index in [4.69, 9.17) is 0 Å². The summed E-state index contributed by atoms with van der Waals surface area (Å²) in [6.07, 6.45) is -0.660. The summed E-state index contributed by atoms with van der Waals surface area (Å²) in [6, 6.07) is 17.6. The van der Waals surface area contributed by atoms with Gasteiger partial charge in [0.1, 0.15) is 11.8 Å². The number of β-amino-alcohol motifs (C(OH)–C–C–N with tert-alkyl or cyclic N) is 1. The van der Waals surface area contributed by atoms with E-state index in [1.54, 1.807) is 26.0 Å². The van der Waals surface area contributed by atoms with E-state index in [2.05, 4.69) is 31.9 Å². The summed E-state index contributed by atoms with van der Waals surface area (Å²) in [7, 11) is -3.57. The van der Waals surface area contributed by atoms with Crippen LogP contribution >= 0.6 is 0 Å². The standard InChI is InChI=1S/C30H39N7O4S/c1-21(39)20-32-29-27(22(2)26(19-31)28(34-29)33-23-9-7-6-8-10-23)36-35-24-11-13-25(14-12-24)42(40,41)18-16-37(15-17-38)30(3,4)5/h6-14,21,38-39H,15-18,20H2,1-5H3,(H2,32,33,34). The van der Waals surface area contributed by atoms with Crippen molar-refractivity contribution in [2.24, 2.45) is 10.2 Å². The Hall–Kier alpha value is -3.89. The van der Waals surface area contributed by atoms with Gasteiger partial charge < -0.3 is 20.8 Å². The average molecular weight is 594 g/mol. The lowest BCUT2D eigenvalue weighted by Crippen LogP contribution is -2.45. The minimum atomic E-state index is -3.57. The molecule has 3 rings (SSSR count). The van der Waals surface area contributed by atoms with Crippen LogP contribution in [0.3, 0.4) is 0 Å². The van der Waals surface area contributed by atoms with Crippen molar-refractivity contribution in [3.8, 4) is 6.07 Å². The molecule has 0 bridgehead atoms. The number of rotatable bonds is 13. The number of aliphatic hydroxyl groups is 2. The second kappa shape index (κ2) is 14.3. The van der Waals surface area contributed by atoms with Crippen LogP contribution in [0, 0.1) is 18.3 Å². The highest BCUT2D eigenvalue weighted by Crippen LogP contribution is 2.36. The van der Waals surface area contributed by atoms with E-state index in [-0.39, 0.29) is 29.3 Å². The van der Waals surface area contributed by atoms with Crippen LogP contribution in [0.1, 0.15) is 38.8 Å². The van der Waals surface area contributed by atoms with Crippen molar-refractivity contribution in [3.05, 3.63) is 65.7 Å². The van der Waals surface area contributed by atoms with Gasteiger partial charge in [-0.3, -0.25) is 4.90 Å². The van der Waals surface area contributed by atoms with E-state index in [9.17, 15) is 23.9 Å². The number of benzene rings is 2. The quantitative estimate of drug-likeness (QED) is 0.198. The number of sulfone groups is 1. The zero-order chi connectivity index (χ0) is 30.9. The second-order valence-corrected chi connectivity index (χ2v) is 13.0. The molecule has 11 nitrogen and oxygen atoms in total.